The molecule has 5 nitrogen and oxygen atoms in total. The van der Waals surface area contributed by atoms with E-state index in [-0.39, 0.29) is 18.2 Å². The van der Waals surface area contributed by atoms with Crippen LogP contribution in [0, 0.1) is 5.82 Å². The summed E-state index contributed by atoms with van der Waals surface area (Å²) in [5.41, 5.74) is 5.23. The first-order valence-electron chi connectivity index (χ1n) is 6.45. The van der Waals surface area contributed by atoms with Crippen molar-refractivity contribution < 1.29 is 19.0 Å². The van der Waals surface area contributed by atoms with Crippen LogP contribution < -0.4 is 5.73 Å². The number of rotatable bonds is 2. The van der Waals surface area contributed by atoms with Crippen LogP contribution in [0.15, 0.2) is 18.2 Å². The number of aliphatic hydroxyl groups excluding tert-OH is 1. The predicted octanol–water partition coefficient (Wildman–Crippen LogP) is 1.02. The monoisotopic (exact) mass is 282 g/mol. The van der Waals surface area contributed by atoms with Crippen LogP contribution >= 0.6 is 0 Å². The summed E-state index contributed by atoms with van der Waals surface area (Å²) in [4.78, 5) is 14.0. The number of nitrogen functional groups attached to an aromatic ring is 1. The molecule has 0 spiro atoms. The Morgan fingerprint density at radius 3 is 2.90 bits per heavy atom. The van der Waals surface area contributed by atoms with Gasteiger partial charge in [-0.25, -0.2) is 4.39 Å². The molecule has 2 rings (SSSR count). The number of morpholine rings is 1. The second-order valence-electron chi connectivity index (χ2n) is 5.60. The zero-order valence-corrected chi connectivity index (χ0v) is 11.6. The molecule has 1 unspecified atom stereocenters. The Balaban J connectivity index is 2.21. The molecule has 1 amide bonds. The van der Waals surface area contributed by atoms with E-state index in [4.69, 9.17) is 10.5 Å². The molecule has 6 heteroatoms. The number of ether oxygens (including phenoxy) is 1. The fourth-order valence-electron chi connectivity index (χ4n) is 2.40. The fourth-order valence-corrected chi connectivity index (χ4v) is 2.40. The molecule has 1 saturated heterocycles. The maximum atomic E-state index is 13.1. The molecule has 3 N–H and O–H groups in total. The van der Waals surface area contributed by atoms with Crippen molar-refractivity contribution in [2.45, 2.75) is 25.6 Å². The topological polar surface area (TPSA) is 75.8 Å². The molecule has 0 radical (unpaired) electrons. The van der Waals surface area contributed by atoms with Gasteiger partial charge in [0.15, 0.2) is 0 Å². The Bertz CT molecular complexity index is 519. The highest BCUT2D eigenvalue weighted by Crippen LogP contribution is 2.23. The van der Waals surface area contributed by atoms with E-state index in [0.717, 1.165) is 0 Å². The molecule has 0 bridgehead atoms. The number of hydrogen-bond donors (Lipinski definition) is 2. The van der Waals surface area contributed by atoms with Gasteiger partial charge < -0.3 is 20.5 Å². The van der Waals surface area contributed by atoms with E-state index in [9.17, 15) is 14.3 Å². The number of carbonyl (C=O) groups is 1. The van der Waals surface area contributed by atoms with Crippen molar-refractivity contribution in [3.63, 3.8) is 0 Å². The number of halogens is 1. The first-order chi connectivity index (χ1) is 9.32. The van der Waals surface area contributed by atoms with Crippen molar-refractivity contribution in [2.24, 2.45) is 0 Å². The number of carbonyl (C=O) groups excluding carboxylic acids is 1. The molecule has 110 valence electrons. The Morgan fingerprint density at radius 1 is 1.60 bits per heavy atom. The minimum Gasteiger partial charge on any atom is -0.396 e. The lowest BCUT2D eigenvalue weighted by Gasteiger charge is -2.42. The van der Waals surface area contributed by atoms with Crippen LogP contribution in [-0.2, 0) is 4.74 Å². The molecule has 1 aromatic rings. The molecule has 1 aromatic carbocycles. The quantitative estimate of drug-likeness (QED) is 0.794. The van der Waals surface area contributed by atoms with Crippen molar-refractivity contribution in [1.29, 1.82) is 0 Å². The number of amides is 1. The number of hydrogen-bond acceptors (Lipinski definition) is 4. The molecule has 1 aliphatic heterocycles. The molecular formula is C14H19FN2O3. The normalized spacial score (nSPS) is 21.8. The summed E-state index contributed by atoms with van der Waals surface area (Å²) in [6.45, 7) is 4.26. The average molecular weight is 282 g/mol. The first-order valence-corrected chi connectivity index (χ1v) is 6.45. The van der Waals surface area contributed by atoms with Crippen LogP contribution in [0.2, 0.25) is 0 Å². The Hall–Kier alpha value is -1.66. The minimum absolute atomic E-state index is 0.0536. The molecule has 0 aliphatic carbocycles. The molecule has 20 heavy (non-hydrogen) atoms. The number of anilines is 1. The third-order valence-electron chi connectivity index (χ3n) is 3.22. The van der Waals surface area contributed by atoms with Crippen LogP contribution in [0.3, 0.4) is 0 Å². The van der Waals surface area contributed by atoms with Crippen LogP contribution in [0.4, 0.5) is 10.1 Å². The lowest BCUT2D eigenvalue weighted by molar-refractivity contribution is -0.139. The third-order valence-corrected chi connectivity index (χ3v) is 3.22. The summed E-state index contributed by atoms with van der Waals surface area (Å²) in [7, 11) is 0. The van der Waals surface area contributed by atoms with Crippen molar-refractivity contribution in [1.82, 2.24) is 4.90 Å². The van der Waals surface area contributed by atoms with E-state index in [1.54, 1.807) is 4.90 Å². The highest BCUT2D eigenvalue weighted by molar-refractivity contribution is 5.95. The molecule has 0 saturated carbocycles. The number of nitrogens with two attached hydrogens (primary N) is 1. The SMILES string of the molecule is CC1(C)CN(C(=O)c2ccc(F)c(N)c2)CC(CO)O1. The molecule has 1 atom stereocenters. The summed E-state index contributed by atoms with van der Waals surface area (Å²) in [5, 5.41) is 9.24. The largest absolute Gasteiger partial charge is 0.396 e. The first kappa shape index (κ1) is 14.7. The molecule has 1 heterocycles. The van der Waals surface area contributed by atoms with E-state index < -0.39 is 17.5 Å². The predicted molar refractivity (Wildman–Crippen MR) is 72.8 cm³/mol. The second kappa shape index (κ2) is 5.38. The maximum Gasteiger partial charge on any atom is 0.254 e. The Labute approximate surface area is 117 Å². The van der Waals surface area contributed by atoms with E-state index in [1.807, 2.05) is 13.8 Å². The summed E-state index contributed by atoms with van der Waals surface area (Å²) in [6.07, 6.45) is -0.416. The summed E-state index contributed by atoms with van der Waals surface area (Å²) < 4.78 is 18.8. The fraction of sp³-hybridized carbons (Fsp3) is 0.500. The maximum absolute atomic E-state index is 13.1. The number of nitrogens with zero attached hydrogens (tertiary/aromatic N) is 1. The van der Waals surface area contributed by atoms with Gasteiger partial charge in [-0.05, 0) is 32.0 Å². The van der Waals surface area contributed by atoms with Crippen LogP contribution in [-0.4, -0.2) is 47.3 Å². The van der Waals surface area contributed by atoms with Gasteiger partial charge in [-0.3, -0.25) is 4.79 Å². The summed E-state index contributed by atoms with van der Waals surface area (Å²) in [5.74, 6) is -0.788. The second-order valence-corrected chi connectivity index (χ2v) is 5.60. The van der Waals surface area contributed by atoms with Gasteiger partial charge in [0, 0.05) is 18.7 Å². The van der Waals surface area contributed by atoms with Crippen molar-refractivity contribution >= 4 is 11.6 Å². The van der Waals surface area contributed by atoms with Crippen molar-refractivity contribution in [3.8, 4) is 0 Å². The van der Waals surface area contributed by atoms with Gasteiger partial charge in [-0.1, -0.05) is 0 Å². The lowest BCUT2D eigenvalue weighted by atomic mass is 10.0. The number of aliphatic hydroxyl groups is 1. The molecule has 1 fully saturated rings. The third kappa shape index (κ3) is 3.08. The van der Waals surface area contributed by atoms with Crippen LogP contribution in [0.5, 0.6) is 0 Å². The summed E-state index contributed by atoms with van der Waals surface area (Å²) >= 11 is 0. The Morgan fingerprint density at radius 2 is 2.30 bits per heavy atom. The van der Waals surface area contributed by atoms with Gasteiger partial charge in [-0.2, -0.15) is 0 Å². The van der Waals surface area contributed by atoms with Crippen LogP contribution in [0.1, 0.15) is 24.2 Å². The van der Waals surface area contributed by atoms with Crippen molar-refractivity contribution in [3.05, 3.63) is 29.6 Å². The van der Waals surface area contributed by atoms with Crippen LogP contribution in [0.25, 0.3) is 0 Å². The highest BCUT2D eigenvalue weighted by atomic mass is 19.1. The molecular weight excluding hydrogens is 263 g/mol. The smallest absolute Gasteiger partial charge is 0.254 e. The molecule has 1 aliphatic rings. The van der Waals surface area contributed by atoms with Gasteiger partial charge in [0.25, 0.3) is 5.91 Å². The summed E-state index contributed by atoms with van der Waals surface area (Å²) in [6, 6.07) is 3.91. The lowest BCUT2D eigenvalue weighted by Crippen LogP contribution is -2.55. The van der Waals surface area contributed by atoms with Crippen molar-refractivity contribution in [2.75, 3.05) is 25.4 Å². The van der Waals surface area contributed by atoms with Gasteiger partial charge in [-0.15, -0.1) is 0 Å². The van der Waals surface area contributed by atoms with Gasteiger partial charge in [0.1, 0.15) is 5.82 Å². The average Bonchev–Trinajstić information content (AvgIpc) is 2.39. The zero-order chi connectivity index (χ0) is 14.9. The van der Waals surface area contributed by atoms with Gasteiger partial charge in [0.05, 0.1) is 24.0 Å². The number of benzene rings is 1. The standard InChI is InChI=1S/C14H19FN2O3/c1-14(2)8-17(6-10(7-18)20-14)13(19)9-3-4-11(15)12(16)5-9/h3-5,10,18H,6-8,16H2,1-2H3. The Kier molecular flexibility index (Phi) is 3.96. The van der Waals surface area contributed by atoms with Gasteiger partial charge in [0.2, 0.25) is 0 Å². The minimum atomic E-state index is -0.544. The van der Waals surface area contributed by atoms with E-state index in [1.165, 1.54) is 18.2 Å². The molecule has 0 aromatic heterocycles. The van der Waals surface area contributed by atoms with E-state index in [2.05, 4.69) is 0 Å². The zero-order valence-electron chi connectivity index (χ0n) is 11.6. The van der Waals surface area contributed by atoms with E-state index in [0.29, 0.717) is 18.7 Å². The highest BCUT2D eigenvalue weighted by Gasteiger charge is 2.35. The van der Waals surface area contributed by atoms with E-state index >= 15 is 0 Å². The van der Waals surface area contributed by atoms with Gasteiger partial charge >= 0.3 is 0 Å².